The van der Waals surface area contributed by atoms with Crippen molar-refractivity contribution in [3.05, 3.63) is 70.0 Å². The number of carbonyl (C=O) groups is 1. The molecule has 8 nitrogen and oxygen atoms in total. The molecule has 3 aromatic rings. The first kappa shape index (κ1) is 21.9. The summed E-state index contributed by atoms with van der Waals surface area (Å²) < 4.78 is 12.2. The maximum absolute atomic E-state index is 12.8. The van der Waals surface area contributed by atoms with Crippen LogP contribution in [0.5, 0.6) is 11.5 Å². The molecule has 0 fully saturated rings. The monoisotopic (exact) mass is 452 g/mol. The van der Waals surface area contributed by atoms with Crippen molar-refractivity contribution < 1.29 is 14.3 Å². The van der Waals surface area contributed by atoms with Gasteiger partial charge in [0.1, 0.15) is 16.5 Å². The average Bonchev–Trinajstić information content (AvgIpc) is 3.30. The number of thioether (sulfide) groups is 1. The molecule has 1 aliphatic carbocycles. The van der Waals surface area contributed by atoms with Crippen LogP contribution in [0.4, 0.5) is 5.69 Å². The van der Waals surface area contributed by atoms with Crippen LogP contribution in [-0.2, 0) is 24.2 Å². The highest BCUT2D eigenvalue weighted by Crippen LogP contribution is 2.30. The van der Waals surface area contributed by atoms with Crippen molar-refractivity contribution in [3.63, 3.8) is 0 Å². The van der Waals surface area contributed by atoms with Crippen molar-refractivity contribution in [2.45, 2.75) is 30.8 Å². The average molecular weight is 453 g/mol. The molecule has 32 heavy (non-hydrogen) atoms. The molecule has 0 radical (unpaired) electrons. The fourth-order valence-electron chi connectivity index (χ4n) is 3.73. The Morgan fingerprint density at radius 1 is 1.16 bits per heavy atom. The van der Waals surface area contributed by atoms with Gasteiger partial charge < -0.3 is 14.8 Å². The molecule has 2 aromatic heterocycles. The molecule has 1 aliphatic rings. The molecular weight excluding hydrogens is 428 g/mol. The van der Waals surface area contributed by atoms with Crippen LogP contribution in [0.2, 0.25) is 0 Å². The van der Waals surface area contributed by atoms with Crippen LogP contribution < -0.4 is 20.5 Å². The van der Waals surface area contributed by atoms with Gasteiger partial charge in [0, 0.05) is 41.3 Å². The number of methoxy groups -OCH3 is 2. The Balaban J connectivity index is 1.48. The largest absolute Gasteiger partial charge is 0.497 e. The van der Waals surface area contributed by atoms with E-state index in [-0.39, 0.29) is 17.3 Å². The van der Waals surface area contributed by atoms with Gasteiger partial charge >= 0.3 is 5.69 Å². The molecule has 1 amide bonds. The predicted molar refractivity (Wildman–Crippen MR) is 123 cm³/mol. The maximum Gasteiger partial charge on any atom is 0.349 e. The second kappa shape index (κ2) is 9.86. The Bertz CT molecular complexity index is 1160. The number of ether oxygens (including phenoxy) is 2. The Morgan fingerprint density at radius 3 is 2.62 bits per heavy atom. The van der Waals surface area contributed by atoms with E-state index in [4.69, 9.17) is 9.47 Å². The van der Waals surface area contributed by atoms with E-state index < -0.39 is 0 Å². The van der Waals surface area contributed by atoms with Crippen molar-refractivity contribution >= 4 is 23.4 Å². The zero-order valence-electron chi connectivity index (χ0n) is 18.0. The molecule has 0 bridgehead atoms. The summed E-state index contributed by atoms with van der Waals surface area (Å²) in [4.78, 5) is 33.9. The topological polar surface area (TPSA) is 95.3 Å². The Morgan fingerprint density at radius 2 is 1.94 bits per heavy atom. The quantitative estimate of drug-likeness (QED) is 0.415. The lowest BCUT2D eigenvalue weighted by atomic mass is 10.2. The van der Waals surface area contributed by atoms with E-state index in [0.29, 0.717) is 28.8 Å². The van der Waals surface area contributed by atoms with E-state index in [1.807, 2.05) is 18.2 Å². The predicted octanol–water partition coefficient (Wildman–Crippen LogP) is 2.92. The lowest BCUT2D eigenvalue weighted by Gasteiger charge is -2.14. The molecule has 0 spiro atoms. The molecule has 9 heteroatoms. The van der Waals surface area contributed by atoms with Crippen LogP contribution in [0.1, 0.15) is 23.4 Å². The second-order valence-electron chi connectivity index (χ2n) is 7.32. The van der Waals surface area contributed by atoms with Gasteiger partial charge in [-0.2, -0.15) is 4.98 Å². The number of carbonyl (C=O) groups excluding carboxylic acids is 1. The van der Waals surface area contributed by atoms with E-state index >= 15 is 0 Å². The number of pyridine rings is 1. The molecule has 1 aromatic carbocycles. The number of benzene rings is 1. The molecule has 0 saturated heterocycles. The number of anilines is 1. The summed E-state index contributed by atoms with van der Waals surface area (Å²) in [6.45, 7) is 0.401. The number of amides is 1. The van der Waals surface area contributed by atoms with Gasteiger partial charge in [0.15, 0.2) is 0 Å². The molecule has 0 unspecified atom stereocenters. The zero-order chi connectivity index (χ0) is 22.5. The highest BCUT2D eigenvalue weighted by molar-refractivity contribution is 8.00. The van der Waals surface area contributed by atoms with Crippen molar-refractivity contribution in [2.75, 3.05) is 25.3 Å². The first-order chi connectivity index (χ1) is 15.6. The maximum atomic E-state index is 12.8. The summed E-state index contributed by atoms with van der Waals surface area (Å²) in [5.74, 6) is 1.12. The number of nitrogens with one attached hydrogen (secondary N) is 1. The molecule has 0 aliphatic heterocycles. The highest BCUT2D eigenvalue weighted by Gasteiger charge is 2.23. The Kier molecular flexibility index (Phi) is 6.75. The van der Waals surface area contributed by atoms with E-state index in [2.05, 4.69) is 15.3 Å². The van der Waals surface area contributed by atoms with Crippen LogP contribution in [0, 0.1) is 0 Å². The summed E-state index contributed by atoms with van der Waals surface area (Å²) >= 11 is 1.29. The van der Waals surface area contributed by atoms with Gasteiger partial charge in [-0.05, 0) is 31.4 Å². The van der Waals surface area contributed by atoms with Crippen LogP contribution in [-0.4, -0.2) is 40.4 Å². The van der Waals surface area contributed by atoms with Crippen molar-refractivity contribution in [3.8, 4) is 11.5 Å². The van der Waals surface area contributed by atoms with Gasteiger partial charge in [0.05, 0.1) is 32.2 Å². The van der Waals surface area contributed by atoms with Gasteiger partial charge in [0.25, 0.3) is 0 Å². The Hall–Kier alpha value is -3.33. The van der Waals surface area contributed by atoms with Gasteiger partial charge in [-0.3, -0.25) is 14.3 Å². The fourth-order valence-corrected chi connectivity index (χ4v) is 4.61. The second-order valence-corrected chi connectivity index (χ2v) is 8.29. The molecular formula is C23H24N4O4S. The molecule has 0 saturated carbocycles. The normalized spacial score (nSPS) is 12.3. The Labute approximate surface area is 190 Å². The number of hydrogen-bond acceptors (Lipinski definition) is 7. The van der Waals surface area contributed by atoms with Gasteiger partial charge in [-0.1, -0.05) is 17.8 Å². The minimum atomic E-state index is -0.309. The first-order valence-corrected chi connectivity index (χ1v) is 11.2. The number of fused-ring (bicyclic) bond motifs is 1. The SMILES string of the molecule is COc1cc(NC(=O)CSc2nc(=O)n(Cc3ccccn3)c3c2CCC3)cc(OC)c1. The number of rotatable bonds is 8. The molecule has 166 valence electrons. The van der Waals surface area contributed by atoms with Gasteiger partial charge in [-0.15, -0.1) is 0 Å². The minimum Gasteiger partial charge on any atom is -0.497 e. The standard InChI is InChI=1S/C23H24N4O4S/c1-30-17-10-16(11-18(12-17)31-2)25-21(28)14-32-22-19-7-5-8-20(19)27(23(29)26-22)13-15-6-3-4-9-24-15/h3-4,6,9-12H,5,7-8,13-14H2,1-2H3,(H,25,28). The van der Waals surface area contributed by atoms with Crippen LogP contribution in [0.25, 0.3) is 0 Å². The van der Waals surface area contributed by atoms with E-state index in [0.717, 1.165) is 36.2 Å². The van der Waals surface area contributed by atoms with Crippen LogP contribution in [0.15, 0.2) is 52.4 Å². The minimum absolute atomic E-state index is 0.142. The summed E-state index contributed by atoms with van der Waals surface area (Å²) in [5, 5.41) is 3.49. The van der Waals surface area contributed by atoms with Crippen molar-refractivity contribution in [1.29, 1.82) is 0 Å². The van der Waals surface area contributed by atoms with E-state index in [1.165, 1.54) is 11.8 Å². The number of nitrogens with zero attached hydrogens (tertiary/aromatic N) is 3. The zero-order valence-corrected chi connectivity index (χ0v) is 18.8. The van der Waals surface area contributed by atoms with Gasteiger partial charge in [0.2, 0.25) is 5.91 Å². The molecule has 4 rings (SSSR count). The fraction of sp³-hybridized carbons (Fsp3) is 0.304. The van der Waals surface area contributed by atoms with Crippen molar-refractivity contribution in [2.24, 2.45) is 0 Å². The lowest BCUT2D eigenvalue weighted by molar-refractivity contribution is -0.113. The molecule has 0 atom stereocenters. The first-order valence-electron chi connectivity index (χ1n) is 10.3. The molecule has 1 N–H and O–H groups in total. The third kappa shape index (κ3) is 4.94. The smallest absolute Gasteiger partial charge is 0.349 e. The third-order valence-electron chi connectivity index (χ3n) is 5.22. The summed E-state index contributed by atoms with van der Waals surface area (Å²) in [7, 11) is 3.11. The van der Waals surface area contributed by atoms with Crippen molar-refractivity contribution in [1.82, 2.24) is 14.5 Å². The van der Waals surface area contributed by atoms with Crippen LogP contribution >= 0.6 is 11.8 Å². The van der Waals surface area contributed by atoms with Gasteiger partial charge in [-0.25, -0.2) is 4.79 Å². The summed E-state index contributed by atoms with van der Waals surface area (Å²) in [6, 6.07) is 10.8. The van der Waals surface area contributed by atoms with E-state index in [1.54, 1.807) is 43.2 Å². The van der Waals surface area contributed by atoms with E-state index in [9.17, 15) is 9.59 Å². The third-order valence-corrected chi connectivity index (χ3v) is 6.24. The van der Waals surface area contributed by atoms with Crippen LogP contribution in [0.3, 0.4) is 0 Å². The number of aromatic nitrogens is 3. The lowest BCUT2D eigenvalue weighted by Crippen LogP contribution is -2.28. The molecule has 2 heterocycles. The summed E-state index contributed by atoms with van der Waals surface area (Å²) in [6.07, 6.45) is 4.35. The highest BCUT2D eigenvalue weighted by atomic mass is 32.2. The number of hydrogen-bond donors (Lipinski definition) is 1. The summed E-state index contributed by atoms with van der Waals surface area (Å²) in [5.41, 5.74) is 3.14.